The molecule has 1 aromatic carbocycles. The van der Waals surface area contributed by atoms with Gasteiger partial charge in [0.25, 0.3) is 5.91 Å². The van der Waals surface area contributed by atoms with Gasteiger partial charge < -0.3 is 5.32 Å². The third-order valence-corrected chi connectivity index (χ3v) is 3.17. The Hall–Kier alpha value is -2.17. The minimum absolute atomic E-state index is 0.0873. The van der Waals surface area contributed by atoms with E-state index >= 15 is 0 Å². The lowest BCUT2D eigenvalue weighted by atomic mass is 10.1. The molecule has 0 aromatic heterocycles. The average Bonchev–Trinajstić information content (AvgIpc) is 2.44. The summed E-state index contributed by atoms with van der Waals surface area (Å²) in [4.78, 5) is 23.6. The Morgan fingerprint density at radius 3 is 2.57 bits per heavy atom. The van der Waals surface area contributed by atoms with Crippen LogP contribution in [-0.4, -0.2) is 23.6 Å². The number of hydrazone groups is 1. The second-order valence-corrected chi connectivity index (χ2v) is 5.16. The molecule has 2 N–H and O–H groups in total. The summed E-state index contributed by atoms with van der Waals surface area (Å²) in [7, 11) is 0. The van der Waals surface area contributed by atoms with Crippen LogP contribution in [-0.2, 0) is 4.79 Å². The van der Waals surface area contributed by atoms with Crippen LogP contribution in [0.1, 0.15) is 49.5 Å². The van der Waals surface area contributed by atoms with E-state index in [0.29, 0.717) is 11.3 Å². The van der Waals surface area contributed by atoms with Crippen molar-refractivity contribution in [2.45, 2.75) is 46.6 Å². The lowest BCUT2D eigenvalue weighted by molar-refractivity contribution is -0.120. The van der Waals surface area contributed by atoms with Crippen molar-refractivity contribution < 1.29 is 9.59 Å². The maximum atomic E-state index is 12.0. The summed E-state index contributed by atoms with van der Waals surface area (Å²) in [5.41, 5.74) is 4.52. The number of hydrogen-bond donors (Lipinski definition) is 2. The van der Waals surface area contributed by atoms with Crippen molar-refractivity contribution in [1.82, 2.24) is 10.7 Å². The van der Waals surface area contributed by atoms with Gasteiger partial charge in [0.15, 0.2) is 0 Å². The van der Waals surface area contributed by atoms with Gasteiger partial charge in [-0.15, -0.1) is 0 Å². The third-order valence-electron chi connectivity index (χ3n) is 3.17. The zero-order chi connectivity index (χ0) is 15.8. The van der Waals surface area contributed by atoms with Crippen LogP contribution in [0.4, 0.5) is 0 Å². The largest absolute Gasteiger partial charge is 0.353 e. The Morgan fingerprint density at radius 1 is 1.29 bits per heavy atom. The molecule has 0 spiro atoms. The first-order valence-electron chi connectivity index (χ1n) is 7.12. The maximum Gasteiger partial charge on any atom is 0.271 e. The van der Waals surface area contributed by atoms with Gasteiger partial charge in [0.2, 0.25) is 5.91 Å². The van der Waals surface area contributed by atoms with Gasteiger partial charge in [-0.05, 0) is 38.8 Å². The molecule has 0 saturated heterocycles. The molecule has 0 saturated carbocycles. The van der Waals surface area contributed by atoms with Crippen molar-refractivity contribution in [2.24, 2.45) is 5.10 Å². The van der Waals surface area contributed by atoms with Crippen LogP contribution in [0.15, 0.2) is 29.4 Å². The number of nitrogens with zero attached hydrogens (tertiary/aromatic N) is 1. The van der Waals surface area contributed by atoms with Gasteiger partial charge in [0, 0.05) is 17.3 Å². The Morgan fingerprint density at radius 2 is 1.95 bits per heavy atom. The van der Waals surface area contributed by atoms with Gasteiger partial charge in [0.05, 0.1) is 6.42 Å². The smallest absolute Gasteiger partial charge is 0.271 e. The van der Waals surface area contributed by atoms with Gasteiger partial charge in [-0.2, -0.15) is 5.10 Å². The zero-order valence-electron chi connectivity index (χ0n) is 13.1. The molecule has 5 heteroatoms. The molecule has 0 radical (unpaired) electrons. The van der Waals surface area contributed by atoms with Crippen molar-refractivity contribution in [1.29, 1.82) is 0 Å². The Kier molecular flexibility index (Phi) is 6.59. The molecule has 0 heterocycles. The molecular formula is C16H23N3O2. The number of amides is 2. The van der Waals surface area contributed by atoms with Crippen molar-refractivity contribution in [2.75, 3.05) is 0 Å². The lowest BCUT2D eigenvalue weighted by Gasteiger charge is -2.11. The van der Waals surface area contributed by atoms with Gasteiger partial charge in [0.1, 0.15) is 0 Å². The van der Waals surface area contributed by atoms with Crippen molar-refractivity contribution in [3.63, 3.8) is 0 Å². The van der Waals surface area contributed by atoms with Gasteiger partial charge in [-0.3, -0.25) is 9.59 Å². The van der Waals surface area contributed by atoms with E-state index in [2.05, 4.69) is 15.8 Å². The van der Waals surface area contributed by atoms with Crippen LogP contribution >= 0.6 is 0 Å². The van der Waals surface area contributed by atoms with E-state index in [0.717, 1.165) is 12.0 Å². The summed E-state index contributed by atoms with van der Waals surface area (Å²) in [5, 5.41) is 6.83. The number of carbonyl (C=O) groups is 2. The molecule has 0 bridgehead atoms. The number of aryl methyl sites for hydroxylation is 1. The second kappa shape index (κ2) is 8.19. The van der Waals surface area contributed by atoms with Crippen molar-refractivity contribution >= 4 is 17.5 Å². The molecule has 0 unspecified atom stereocenters. The molecule has 1 rings (SSSR count). The molecule has 0 aliphatic heterocycles. The van der Waals surface area contributed by atoms with Crippen molar-refractivity contribution in [3.8, 4) is 0 Å². The summed E-state index contributed by atoms with van der Waals surface area (Å²) in [6.07, 6.45) is 1.06. The highest BCUT2D eigenvalue weighted by Gasteiger charge is 2.09. The van der Waals surface area contributed by atoms with Gasteiger partial charge in [-0.1, -0.05) is 25.1 Å². The van der Waals surface area contributed by atoms with Crippen LogP contribution in [0.5, 0.6) is 0 Å². The highest BCUT2D eigenvalue weighted by Crippen LogP contribution is 2.06. The van der Waals surface area contributed by atoms with E-state index in [9.17, 15) is 9.59 Å². The molecule has 114 valence electrons. The van der Waals surface area contributed by atoms with Crippen LogP contribution in [0.25, 0.3) is 0 Å². The molecular weight excluding hydrogens is 266 g/mol. The average molecular weight is 289 g/mol. The fourth-order valence-corrected chi connectivity index (χ4v) is 1.73. The minimum atomic E-state index is -0.269. The molecule has 1 aromatic rings. The normalized spacial score (nSPS) is 12.7. The number of nitrogens with one attached hydrogen (secondary N) is 2. The van der Waals surface area contributed by atoms with E-state index in [1.807, 2.05) is 32.9 Å². The zero-order valence-corrected chi connectivity index (χ0v) is 13.1. The summed E-state index contributed by atoms with van der Waals surface area (Å²) >= 11 is 0. The van der Waals surface area contributed by atoms with E-state index < -0.39 is 0 Å². The molecule has 2 amide bonds. The van der Waals surface area contributed by atoms with Crippen LogP contribution in [0.2, 0.25) is 0 Å². The first-order valence-corrected chi connectivity index (χ1v) is 7.12. The molecule has 0 fully saturated rings. The lowest BCUT2D eigenvalue weighted by Crippen LogP contribution is -2.33. The summed E-state index contributed by atoms with van der Waals surface area (Å²) in [6, 6.07) is 7.43. The van der Waals surface area contributed by atoms with E-state index in [-0.39, 0.29) is 24.3 Å². The fourth-order valence-electron chi connectivity index (χ4n) is 1.73. The van der Waals surface area contributed by atoms with Crippen LogP contribution in [0, 0.1) is 6.92 Å². The van der Waals surface area contributed by atoms with Crippen LogP contribution < -0.4 is 10.7 Å². The predicted molar refractivity (Wildman–Crippen MR) is 84.3 cm³/mol. The molecule has 0 aliphatic carbocycles. The first-order chi connectivity index (χ1) is 9.93. The quantitative estimate of drug-likeness (QED) is 0.623. The minimum Gasteiger partial charge on any atom is -0.353 e. The molecule has 5 nitrogen and oxygen atoms in total. The Balaban J connectivity index is 2.54. The van der Waals surface area contributed by atoms with Crippen LogP contribution in [0.3, 0.4) is 0 Å². The maximum absolute atomic E-state index is 12.0. The highest BCUT2D eigenvalue weighted by atomic mass is 16.2. The summed E-state index contributed by atoms with van der Waals surface area (Å²) in [6.45, 7) is 7.54. The summed E-state index contributed by atoms with van der Waals surface area (Å²) < 4.78 is 0. The predicted octanol–water partition coefficient (Wildman–Crippen LogP) is 2.41. The van der Waals surface area contributed by atoms with Gasteiger partial charge >= 0.3 is 0 Å². The number of carbonyl (C=O) groups excluding carboxylic acids is 2. The highest BCUT2D eigenvalue weighted by molar-refractivity contribution is 6.01. The molecule has 21 heavy (non-hydrogen) atoms. The van der Waals surface area contributed by atoms with E-state index in [1.54, 1.807) is 19.1 Å². The number of hydrogen-bond acceptors (Lipinski definition) is 3. The Labute approximate surface area is 125 Å². The molecule has 1 atom stereocenters. The standard InChI is InChI=1S/C16H23N3O2/c1-5-12(3)17-15(20)10-13(4)18-19-16(21)14-9-7-6-8-11(14)2/h6-9,12H,5,10H2,1-4H3,(H,17,20)(H,19,21)/b18-13+/t12-/m0/s1. The van der Waals surface area contributed by atoms with Gasteiger partial charge in [-0.25, -0.2) is 5.43 Å². The number of rotatable bonds is 6. The SMILES string of the molecule is CC[C@H](C)NC(=O)C/C(C)=N/NC(=O)c1ccccc1C. The topological polar surface area (TPSA) is 70.6 Å². The summed E-state index contributed by atoms with van der Waals surface area (Å²) in [5.74, 6) is -0.356. The van der Waals surface area contributed by atoms with E-state index in [1.165, 1.54) is 0 Å². The third kappa shape index (κ3) is 5.77. The number of benzene rings is 1. The molecule has 0 aliphatic rings. The fraction of sp³-hybridized carbons (Fsp3) is 0.438. The van der Waals surface area contributed by atoms with Crippen molar-refractivity contribution in [3.05, 3.63) is 35.4 Å². The van der Waals surface area contributed by atoms with E-state index in [4.69, 9.17) is 0 Å². The first kappa shape index (κ1) is 16.9. The monoisotopic (exact) mass is 289 g/mol. The second-order valence-electron chi connectivity index (χ2n) is 5.16. The Bertz CT molecular complexity index is 538.